The predicted octanol–water partition coefficient (Wildman–Crippen LogP) is 5.30. The van der Waals surface area contributed by atoms with E-state index >= 15 is 0 Å². The second-order valence-corrected chi connectivity index (χ2v) is 7.21. The van der Waals surface area contributed by atoms with Crippen molar-refractivity contribution in [3.8, 4) is 0 Å². The Morgan fingerprint density at radius 3 is 2.33 bits per heavy atom. The van der Waals surface area contributed by atoms with Crippen molar-refractivity contribution in [1.82, 2.24) is 4.98 Å². The molecule has 0 aliphatic carbocycles. The quantitative estimate of drug-likeness (QED) is 0.413. The number of fused-ring (bicyclic) bond motifs is 1. The molecular weight excluding hydrogens is 374 g/mol. The second kappa shape index (κ2) is 8.66. The number of carbonyl (C=O) groups excluding carboxylic acids is 2. The summed E-state index contributed by atoms with van der Waals surface area (Å²) in [6.45, 7) is 1.88. The van der Waals surface area contributed by atoms with E-state index in [9.17, 15) is 9.59 Å². The third-order valence-corrected chi connectivity index (χ3v) is 5.19. The monoisotopic (exact) mass is 397 g/mol. The summed E-state index contributed by atoms with van der Waals surface area (Å²) in [5.41, 5.74) is 4.99. The van der Waals surface area contributed by atoms with Crippen LogP contribution in [0.3, 0.4) is 0 Å². The first kappa shape index (κ1) is 19.5. The Kier molecular flexibility index (Phi) is 5.61. The van der Waals surface area contributed by atoms with Crippen LogP contribution in [0.5, 0.6) is 0 Å². The first-order chi connectivity index (χ1) is 14.6. The number of anilines is 2. The lowest BCUT2D eigenvalue weighted by atomic mass is 10.1. The van der Waals surface area contributed by atoms with Crippen LogP contribution in [0.2, 0.25) is 0 Å². The van der Waals surface area contributed by atoms with Gasteiger partial charge in [0, 0.05) is 40.5 Å². The first-order valence-electron chi connectivity index (χ1n) is 9.92. The summed E-state index contributed by atoms with van der Waals surface area (Å²) in [4.78, 5) is 28.2. The summed E-state index contributed by atoms with van der Waals surface area (Å²) < 4.78 is 0. The van der Waals surface area contributed by atoms with E-state index < -0.39 is 0 Å². The van der Waals surface area contributed by atoms with E-state index in [2.05, 4.69) is 21.7 Å². The number of hydrogen-bond donors (Lipinski definition) is 3. The van der Waals surface area contributed by atoms with Crippen LogP contribution in [0.1, 0.15) is 27.9 Å². The lowest BCUT2D eigenvalue weighted by Crippen LogP contribution is -2.16. The fourth-order valence-electron chi connectivity index (χ4n) is 3.49. The van der Waals surface area contributed by atoms with Crippen LogP contribution in [0, 0.1) is 6.92 Å². The van der Waals surface area contributed by atoms with E-state index in [1.165, 1.54) is 0 Å². The van der Waals surface area contributed by atoms with Crippen LogP contribution in [-0.4, -0.2) is 16.8 Å². The number of benzene rings is 3. The molecule has 0 spiro atoms. The SMILES string of the molecule is Cc1c(NC(=O)CCc2c[nH]c3ccccc23)cccc1NC(=O)c1ccccc1. The Balaban J connectivity index is 1.41. The largest absolute Gasteiger partial charge is 0.361 e. The number of nitrogens with one attached hydrogen (secondary N) is 3. The molecule has 2 amide bonds. The fourth-order valence-corrected chi connectivity index (χ4v) is 3.49. The van der Waals surface area contributed by atoms with E-state index in [0.29, 0.717) is 29.8 Å². The van der Waals surface area contributed by atoms with Crippen molar-refractivity contribution < 1.29 is 9.59 Å². The van der Waals surface area contributed by atoms with Crippen molar-refractivity contribution in [3.05, 3.63) is 95.7 Å². The molecule has 1 aromatic heterocycles. The van der Waals surface area contributed by atoms with Crippen molar-refractivity contribution in [2.45, 2.75) is 19.8 Å². The first-order valence-corrected chi connectivity index (χ1v) is 9.92. The highest BCUT2D eigenvalue weighted by molar-refractivity contribution is 6.05. The highest BCUT2D eigenvalue weighted by Crippen LogP contribution is 2.25. The molecule has 5 nitrogen and oxygen atoms in total. The van der Waals surface area contributed by atoms with E-state index in [1.807, 2.05) is 67.7 Å². The average Bonchev–Trinajstić information content (AvgIpc) is 3.19. The summed E-state index contributed by atoms with van der Waals surface area (Å²) >= 11 is 0. The van der Waals surface area contributed by atoms with E-state index in [4.69, 9.17) is 0 Å². The second-order valence-electron chi connectivity index (χ2n) is 7.21. The summed E-state index contributed by atoms with van der Waals surface area (Å²) in [5.74, 6) is -0.239. The molecule has 0 bridgehead atoms. The van der Waals surface area contributed by atoms with Gasteiger partial charge in [-0.1, -0.05) is 42.5 Å². The van der Waals surface area contributed by atoms with Crippen molar-refractivity contribution in [2.75, 3.05) is 10.6 Å². The summed E-state index contributed by atoms with van der Waals surface area (Å²) in [5, 5.41) is 7.04. The molecule has 0 fully saturated rings. The maximum Gasteiger partial charge on any atom is 0.255 e. The normalized spacial score (nSPS) is 10.7. The standard InChI is InChI=1S/C25H23N3O2/c1-17-21(12-7-13-22(17)28-25(30)18-8-3-2-4-9-18)27-24(29)15-14-19-16-26-23-11-6-5-10-20(19)23/h2-13,16,26H,14-15H2,1H3,(H,27,29)(H,28,30). The zero-order valence-electron chi connectivity index (χ0n) is 16.7. The number of H-pyrrole nitrogens is 1. The van der Waals surface area contributed by atoms with Gasteiger partial charge in [0.1, 0.15) is 0 Å². The molecule has 0 atom stereocenters. The Labute approximate surface area is 175 Å². The van der Waals surface area contributed by atoms with E-state index in [1.54, 1.807) is 12.1 Å². The molecule has 150 valence electrons. The van der Waals surface area contributed by atoms with Crippen molar-refractivity contribution in [1.29, 1.82) is 0 Å². The van der Waals surface area contributed by atoms with E-state index in [-0.39, 0.29) is 11.8 Å². The van der Waals surface area contributed by atoms with Gasteiger partial charge in [0.25, 0.3) is 5.91 Å². The molecule has 1 heterocycles. The molecule has 0 unspecified atom stereocenters. The zero-order chi connectivity index (χ0) is 20.9. The van der Waals surface area contributed by atoms with Gasteiger partial charge in [0.2, 0.25) is 5.91 Å². The smallest absolute Gasteiger partial charge is 0.255 e. The maximum atomic E-state index is 12.5. The minimum absolute atomic E-state index is 0.0603. The summed E-state index contributed by atoms with van der Waals surface area (Å²) in [7, 11) is 0. The molecular formula is C25H23N3O2. The number of amides is 2. The lowest BCUT2D eigenvalue weighted by Gasteiger charge is -2.13. The van der Waals surface area contributed by atoms with Gasteiger partial charge >= 0.3 is 0 Å². The molecule has 4 aromatic rings. The highest BCUT2D eigenvalue weighted by atomic mass is 16.2. The van der Waals surface area contributed by atoms with Crippen LogP contribution >= 0.6 is 0 Å². The van der Waals surface area contributed by atoms with Crippen LogP contribution < -0.4 is 10.6 Å². The van der Waals surface area contributed by atoms with Gasteiger partial charge in [-0.15, -0.1) is 0 Å². The van der Waals surface area contributed by atoms with Gasteiger partial charge in [-0.25, -0.2) is 0 Å². The minimum Gasteiger partial charge on any atom is -0.361 e. The Hall–Kier alpha value is -3.86. The van der Waals surface area contributed by atoms with Gasteiger partial charge in [-0.2, -0.15) is 0 Å². The number of aromatic amines is 1. The van der Waals surface area contributed by atoms with Gasteiger partial charge in [0.05, 0.1) is 0 Å². The van der Waals surface area contributed by atoms with E-state index in [0.717, 1.165) is 22.0 Å². The highest BCUT2D eigenvalue weighted by Gasteiger charge is 2.12. The minimum atomic E-state index is -0.179. The number of para-hydroxylation sites is 1. The predicted molar refractivity (Wildman–Crippen MR) is 121 cm³/mol. The molecule has 5 heteroatoms. The fraction of sp³-hybridized carbons (Fsp3) is 0.120. The van der Waals surface area contributed by atoms with Crippen LogP contribution in [0.4, 0.5) is 11.4 Å². The Bertz CT molecular complexity index is 1200. The molecule has 0 saturated heterocycles. The topological polar surface area (TPSA) is 74.0 Å². The Morgan fingerprint density at radius 2 is 1.53 bits per heavy atom. The van der Waals surface area contributed by atoms with Crippen molar-refractivity contribution >= 4 is 34.1 Å². The third-order valence-electron chi connectivity index (χ3n) is 5.19. The van der Waals surface area contributed by atoms with Crippen LogP contribution in [0.25, 0.3) is 10.9 Å². The number of aryl methyl sites for hydroxylation is 1. The van der Waals surface area contributed by atoms with Gasteiger partial charge in [0.15, 0.2) is 0 Å². The van der Waals surface area contributed by atoms with Gasteiger partial charge in [-0.05, 0) is 54.8 Å². The number of rotatable bonds is 6. The average molecular weight is 397 g/mol. The van der Waals surface area contributed by atoms with Crippen molar-refractivity contribution in [2.24, 2.45) is 0 Å². The number of hydrogen-bond acceptors (Lipinski definition) is 2. The van der Waals surface area contributed by atoms with Crippen molar-refractivity contribution in [3.63, 3.8) is 0 Å². The molecule has 0 aliphatic heterocycles. The van der Waals surface area contributed by atoms with Crippen LogP contribution in [-0.2, 0) is 11.2 Å². The zero-order valence-corrected chi connectivity index (χ0v) is 16.7. The molecule has 4 rings (SSSR count). The Morgan fingerprint density at radius 1 is 0.833 bits per heavy atom. The number of carbonyl (C=O) groups is 2. The molecule has 3 N–H and O–H groups in total. The molecule has 0 radical (unpaired) electrons. The summed E-state index contributed by atoms with van der Waals surface area (Å²) in [6.07, 6.45) is 2.99. The molecule has 3 aromatic carbocycles. The number of aromatic nitrogens is 1. The molecule has 0 saturated carbocycles. The van der Waals surface area contributed by atoms with Gasteiger partial charge in [-0.3, -0.25) is 9.59 Å². The van der Waals surface area contributed by atoms with Crippen LogP contribution in [0.15, 0.2) is 79.0 Å². The maximum absolute atomic E-state index is 12.5. The van der Waals surface area contributed by atoms with Gasteiger partial charge < -0.3 is 15.6 Å². The summed E-state index contributed by atoms with van der Waals surface area (Å²) in [6, 6.07) is 22.6. The lowest BCUT2D eigenvalue weighted by molar-refractivity contribution is -0.116. The molecule has 30 heavy (non-hydrogen) atoms. The third kappa shape index (κ3) is 4.25. The molecule has 0 aliphatic rings.